The normalized spacial score (nSPS) is 12.0. The van der Waals surface area contributed by atoms with E-state index in [0.717, 1.165) is 6.42 Å². The van der Waals surface area contributed by atoms with Gasteiger partial charge >= 0.3 is 5.68 Å². The molecular weight excluding hydrogens is 220 g/mol. The Kier molecular flexibility index (Phi) is 3.27. The number of para-hydroxylation sites is 1. The molecule has 5 heteroatoms. The van der Waals surface area contributed by atoms with Gasteiger partial charge in [-0.1, -0.05) is 19.1 Å². The summed E-state index contributed by atoms with van der Waals surface area (Å²) in [4.78, 5) is 16.9. The molecule has 90 valence electrons. The van der Waals surface area contributed by atoms with Gasteiger partial charge < -0.3 is 9.25 Å². The first kappa shape index (κ1) is 11.4. The lowest BCUT2D eigenvalue weighted by Crippen LogP contribution is -2.33. The molecule has 0 fully saturated rings. The molecule has 0 saturated heterocycles. The second kappa shape index (κ2) is 4.86. The fourth-order valence-electron chi connectivity index (χ4n) is 1.68. The average Bonchev–Trinajstić information content (AvgIpc) is 2.34. The van der Waals surface area contributed by atoms with Crippen LogP contribution < -0.4 is 11.2 Å². The van der Waals surface area contributed by atoms with Gasteiger partial charge in [0.2, 0.25) is 0 Å². The van der Waals surface area contributed by atoms with Gasteiger partial charge in [-0.15, -0.1) is 0 Å². The van der Waals surface area contributed by atoms with Crippen LogP contribution in [0.4, 0.5) is 0 Å². The molecule has 1 aromatic heterocycles. The van der Waals surface area contributed by atoms with Crippen LogP contribution in [0.15, 0.2) is 38.6 Å². The smallest absolute Gasteiger partial charge is 0.339 e. The van der Waals surface area contributed by atoms with E-state index in [1.54, 1.807) is 12.1 Å². The van der Waals surface area contributed by atoms with E-state index in [4.69, 9.17) is 9.25 Å². The van der Waals surface area contributed by atoms with Crippen molar-refractivity contribution < 1.29 is 9.25 Å². The second-order valence-corrected chi connectivity index (χ2v) is 3.61. The van der Waals surface area contributed by atoms with Crippen molar-refractivity contribution in [3.63, 3.8) is 0 Å². The standard InChI is InChI=1S/C12H14N2O3/c1-3-8-14-11(15)9-6-4-5-7-10(9)17-12(14)13-16-2/h4-7H,3,8H2,1-2H3. The first-order valence-electron chi connectivity index (χ1n) is 5.47. The van der Waals surface area contributed by atoms with Crippen LogP contribution in [-0.4, -0.2) is 11.7 Å². The summed E-state index contributed by atoms with van der Waals surface area (Å²) < 4.78 is 7.02. The molecule has 0 radical (unpaired) electrons. The molecule has 2 aromatic rings. The summed E-state index contributed by atoms with van der Waals surface area (Å²) in [6, 6.07) is 7.10. The van der Waals surface area contributed by atoms with Gasteiger partial charge in [-0.3, -0.25) is 9.36 Å². The number of benzene rings is 1. The van der Waals surface area contributed by atoms with Crippen molar-refractivity contribution in [2.45, 2.75) is 19.9 Å². The van der Waals surface area contributed by atoms with Crippen LogP contribution in [-0.2, 0) is 11.4 Å². The van der Waals surface area contributed by atoms with Crippen molar-refractivity contribution in [2.75, 3.05) is 7.11 Å². The summed E-state index contributed by atoms with van der Waals surface area (Å²) >= 11 is 0. The lowest BCUT2D eigenvalue weighted by molar-refractivity contribution is 0.175. The average molecular weight is 234 g/mol. The minimum absolute atomic E-state index is 0.107. The quantitative estimate of drug-likeness (QED) is 0.755. The predicted molar refractivity (Wildman–Crippen MR) is 63.3 cm³/mol. The maximum Gasteiger partial charge on any atom is 0.339 e. The third-order valence-electron chi connectivity index (χ3n) is 2.41. The second-order valence-electron chi connectivity index (χ2n) is 3.61. The van der Waals surface area contributed by atoms with E-state index in [1.165, 1.54) is 11.7 Å². The Hall–Kier alpha value is -2.04. The summed E-state index contributed by atoms with van der Waals surface area (Å²) in [5, 5.41) is 4.28. The Morgan fingerprint density at radius 3 is 2.88 bits per heavy atom. The van der Waals surface area contributed by atoms with Crippen molar-refractivity contribution in [2.24, 2.45) is 5.16 Å². The van der Waals surface area contributed by atoms with Crippen molar-refractivity contribution in [1.82, 2.24) is 4.57 Å². The Morgan fingerprint density at radius 2 is 2.18 bits per heavy atom. The molecule has 0 N–H and O–H groups in total. The van der Waals surface area contributed by atoms with E-state index in [0.29, 0.717) is 17.5 Å². The van der Waals surface area contributed by atoms with Crippen LogP contribution in [0.3, 0.4) is 0 Å². The minimum atomic E-state index is -0.107. The minimum Gasteiger partial charge on any atom is -0.423 e. The van der Waals surface area contributed by atoms with Crippen LogP contribution in [0.1, 0.15) is 13.3 Å². The number of rotatable bonds is 3. The zero-order valence-electron chi connectivity index (χ0n) is 9.84. The molecule has 0 spiro atoms. The van der Waals surface area contributed by atoms with Crippen molar-refractivity contribution >= 4 is 11.0 Å². The molecule has 5 nitrogen and oxygen atoms in total. The molecule has 0 aliphatic heterocycles. The monoisotopic (exact) mass is 234 g/mol. The Balaban J connectivity index is 2.84. The topological polar surface area (TPSA) is 56.7 Å². The molecular formula is C12H14N2O3. The van der Waals surface area contributed by atoms with E-state index in [2.05, 4.69) is 5.16 Å². The summed E-state index contributed by atoms with van der Waals surface area (Å²) in [6.45, 7) is 2.54. The lowest BCUT2D eigenvalue weighted by Gasteiger charge is -2.05. The highest BCUT2D eigenvalue weighted by Gasteiger charge is 2.07. The van der Waals surface area contributed by atoms with Crippen LogP contribution in [0, 0.1) is 0 Å². The van der Waals surface area contributed by atoms with E-state index in [-0.39, 0.29) is 11.2 Å². The van der Waals surface area contributed by atoms with Gasteiger partial charge in [-0.05, 0) is 23.7 Å². The maximum atomic E-state index is 12.2. The molecule has 0 bridgehead atoms. The Bertz CT molecular complexity index is 640. The van der Waals surface area contributed by atoms with E-state index >= 15 is 0 Å². The van der Waals surface area contributed by atoms with Gasteiger partial charge in [-0.25, -0.2) is 0 Å². The maximum absolute atomic E-state index is 12.2. The first-order valence-corrected chi connectivity index (χ1v) is 5.47. The zero-order valence-corrected chi connectivity index (χ0v) is 9.84. The van der Waals surface area contributed by atoms with Crippen molar-refractivity contribution in [1.29, 1.82) is 0 Å². The fraction of sp³-hybridized carbons (Fsp3) is 0.333. The van der Waals surface area contributed by atoms with Crippen molar-refractivity contribution in [3.8, 4) is 0 Å². The predicted octanol–water partition coefficient (Wildman–Crippen LogP) is 1.47. The van der Waals surface area contributed by atoms with E-state index in [1.807, 2.05) is 19.1 Å². The van der Waals surface area contributed by atoms with Gasteiger partial charge in [0.05, 0.1) is 5.39 Å². The summed E-state index contributed by atoms with van der Waals surface area (Å²) in [6.07, 6.45) is 0.819. The largest absolute Gasteiger partial charge is 0.423 e. The summed E-state index contributed by atoms with van der Waals surface area (Å²) in [5.74, 6) is 0. The number of hydrogen-bond acceptors (Lipinski definition) is 4. The van der Waals surface area contributed by atoms with Gasteiger partial charge in [0.1, 0.15) is 12.7 Å². The van der Waals surface area contributed by atoms with Gasteiger partial charge in [0, 0.05) is 6.54 Å². The molecule has 0 amide bonds. The van der Waals surface area contributed by atoms with Crippen LogP contribution in [0.2, 0.25) is 0 Å². The van der Waals surface area contributed by atoms with Gasteiger partial charge in [0.25, 0.3) is 5.56 Å². The first-order chi connectivity index (χ1) is 8.27. The zero-order chi connectivity index (χ0) is 12.3. The summed E-state index contributed by atoms with van der Waals surface area (Å²) in [5.41, 5.74) is 0.600. The highest BCUT2D eigenvalue weighted by atomic mass is 16.6. The molecule has 0 aliphatic carbocycles. The Labute approximate surface area is 97.9 Å². The molecule has 1 heterocycles. The number of aromatic nitrogens is 1. The van der Waals surface area contributed by atoms with Gasteiger partial charge in [0.15, 0.2) is 0 Å². The third-order valence-corrected chi connectivity index (χ3v) is 2.41. The van der Waals surface area contributed by atoms with Crippen LogP contribution in [0.5, 0.6) is 0 Å². The Morgan fingerprint density at radius 1 is 1.41 bits per heavy atom. The van der Waals surface area contributed by atoms with E-state index < -0.39 is 0 Å². The molecule has 17 heavy (non-hydrogen) atoms. The van der Waals surface area contributed by atoms with E-state index in [9.17, 15) is 4.79 Å². The highest BCUT2D eigenvalue weighted by molar-refractivity contribution is 5.74. The molecule has 0 saturated carbocycles. The molecule has 1 aromatic carbocycles. The third kappa shape index (κ3) is 2.08. The van der Waals surface area contributed by atoms with Crippen LogP contribution in [0.25, 0.3) is 11.0 Å². The fourth-order valence-corrected chi connectivity index (χ4v) is 1.68. The summed E-state index contributed by atoms with van der Waals surface area (Å²) in [7, 11) is 1.42. The lowest BCUT2D eigenvalue weighted by atomic mass is 10.2. The molecule has 0 atom stereocenters. The molecule has 2 rings (SSSR count). The molecule has 0 unspecified atom stereocenters. The van der Waals surface area contributed by atoms with Gasteiger partial charge in [-0.2, -0.15) is 0 Å². The number of fused-ring (bicyclic) bond motifs is 1. The van der Waals surface area contributed by atoms with Crippen molar-refractivity contribution in [3.05, 3.63) is 40.3 Å². The highest BCUT2D eigenvalue weighted by Crippen LogP contribution is 2.05. The number of hydrogen-bond donors (Lipinski definition) is 0. The molecule has 0 aliphatic rings. The van der Waals surface area contributed by atoms with Crippen LogP contribution >= 0.6 is 0 Å². The SMILES string of the molecule is CCCn1c(=NOC)oc2ccccc2c1=O. The number of nitrogens with zero attached hydrogens (tertiary/aromatic N) is 2.